The maximum Gasteiger partial charge on any atom is 0.177 e. The molecule has 0 amide bonds. The Morgan fingerprint density at radius 2 is 1.62 bits per heavy atom. The fraction of sp³-hybridized carbons (Fsp3) is 0.833. The molecule has 0 aliphatic heterocycles. The fourth-order valence-electron chi connectivity index (χ4n) is 4.79. The van der Waals surface area contributed by atoms with Gasteiger partial charge in [-0.1, -0.05) is 52.4 Å². The van der Waals surface area contributed by atoms with Gasteiger partial charge < -0.3 is 5.11 Å². The number of allylic oxidation sites excluding steroid dienone is 1. The molecule has 0 bridgehead atoms. The molecular weight excluding hydrogens is 400 g/mol. The number of aliphatic hydroxyl groups excluding tert-OH is 1. The molecule has 0 radical (unpaired) electrons. The van der Waals surface area contributed by atoms with E-state index in [-0.39, 0.29) is 28.3 Å². The van der Waals surface area contributed by atoms with Gasteiger partial charge in [-0.2, -0.15) is 23.5 Å². The van der Waals surface area contributed by atoms with Gasteiger partial charge in [-0.15, -0.1) is 0 Å². The second-order valence-corrected chi connectivity index (χ2v) is 11.1. The van der Waals surface area contributed by atoms with Crippen LogP contribution in [0.3, 0.4) is 0 Å². The highest BCUT2D eigenvalue weighted by atomic mass is 32.2. The van der Waals surface area contributed by atoms with Gasteiger partial charge >= 0.3 is 0 Å². The van der Waals surface area contributed by atoms with Crippen molar-refractivity contribution in [3.8, 4) is 0 Å². The third kappa shape index (κ3) is 6.06. The van der Waals surface area contributed by atoms with Crippen LogP contribution in [-0.4, -0.2) is 39.2 Å². The van der Waals surface area contributed by atoms with Gasteiger partial charge in [0.15, 0.2) is 11.6 Å². The average molecular weight is 441 g/mol. The predicted octanol–water partition coefficient (Wildman–Crippen LogP) is 6.75. The van der Waals surface area contributed by atoms with Crippen LogP contribution in [0, 0.1) is 11.3 Å². The summed E-state index contributed by atoms with van der Waals surface area (Å²) in [5.41, 5.74) is -0.453. The van der Waals surface area contributed by atoms with Crippen molar-refractivity contribution in [2.75, 3.05) is 17.3 Å². The highest BCUT2D eigenvalue weighted by Gasteiger charge is 2.65. The number of hydrogen-bond donors (Lipinski definition) is 1. The average Bonchev–Trinajstić information content (AvgIpc) is 2.93. The number of rotatable bonds is 15. The fourth-order valence-corrected chi connectivity index (χ4v) is 7.40. The summed E-state index contributed by atoms with van der Waals surface area (Å²) in [4.78, 5) is 26.0. The molecule has 0 heterocycles. The summed E-state index contributed by atoms with van der Waals surface area (Å²) in [5, 5.41) is 9.79. The van der Waals surface area contributed by atoms with Crippen LogP contribution in [0.2, 0.25) is 0 Å². The van der Waals surface area contributed by atoms with Gasteiger partial charge in [-0.05, 0) is 55.8 Å². The first-order valence-corrected chi connectivity index (χ1v) is 14.0. The van der Waals surface area contributed by atoms with E-state index >= 15 is 0 Å². The van der Waals surface area contributed by atoms with Crippen molar-refractivity contribution in [3.63, 3.8) is 0 Å². The third-order valence-electron chi connectivity index (χ3n) is 6.64. The molecule has 0 aromatic rings. The molecule has 29 heavy (non-hydrogen) atoms. The number of carbonyl (C=O) groups excluding carboxylic acids is 2. The normalized spacial score (nSPS) is 27.9. The van der Waals surface area contributed by atoms with Crippen molar-refractivity contribution >= 4 is 35.1 Å². The Morgan fingerprint density at radius 1 is 0.966 bits per heavy atom. The lowest BCUT2D eigenvalue weighted by atomic mass is 9.60. The van der Waals surface area contributed by atoms with E-state index in [0.29, 0.717) is 0 Å². The number of carbonyl (C=O) groups is 2. The van der Waals surface area contributed by atoms with Gasteiger partial charge in [0.05, 0.1) is 17.3 Å². The van der Waals surface area contributed by atoms with Gasteiger partial charge in [-0.25, -0.2) is 0 Å². The SMILES string of the molecule is CCCCCCSCCCC1C(=O)/C(=C\O)C(=O)C12CCC2SCCCCCC. The third-order valence-corrected chi connectivity index (χ3v) is 9.37. The van der Waals surface area contributed by atoms with Crippen molar-refractivity contribution in [1.29, 1.82) is 0 Å². The summed E-state index contributed by atoms with van der Waals surface area (Å²) >= 11 is 3.88. The molecule has 1 spiro atoms. The van der Waals surface area contributed by atoms with Crippen molar-refractivity contribution in [1.82, 2.24) is 0 Å². The Bertz CT molecular complexity index is 560. The summed E-state index contributed by atoms with van der Waals surface area (Å²) in [5.74, 6) is 2.96. The van der Waals surface area contributed by atoms with E-state index in [4.69, 9.17) is 0 Å². The molecule has 2 aliphatic carbocycles. The van der Waals surface area contributed by atoms with E-state index in [2.05, 4.69) is 13.8 Å². The minimum atomic E-state index is -0.521. The van der Waals surface area contributed by atoms with E-state index < -0.39 is 5.41 Å². The Balaban J connectivity index is 1.87. The Labute approximate surface area is 186 Å². The maximum atomic E-state index is 13.1. The van der Waals surface area contributed by atoms with Crippen LogP contribution in [-0.2, 0) is 9.59 Å². The Hall–Kier alpha value is -0.420. The number of unbranched alkanes of at least 4 members (excludes halogenated alkanes) is 6. The van der Waals surface area contributed by atoms with E-state index in [1.54, 1.807) is 0 Å². The molecule has 2 saturated carbocycles. The van der Waals surface area contributed by atoms with Crippen molar-refractivity contribution < 1.29 is 14.7 Å². The van der Waals surface area contributed by atoms with Crippen molar-refractivity contribution in [2.24, 2.45) is 11.3 Å². The number of thioether (sulfide) groups is 2. The number of Topliss-reactive ketones (excluding diaryl/α,β-unsaturated/α-hetero) is 2. The predicted molar refractivity (Wildman–Crippen MR) is 127 cm³/mol. The number of aliphatic hydroxyl groups is 1. The standard InChI is InChI=1S/C24H40O3S2/c1-3-5-7-9-15-28-16-11-12-20-22(26)19(18-25)23(27)24(20)14-13-21(24)29-17-10-8-6-4-2/h18,20-21,25H,3-17H2,1-2H3/b19-18+. The van der Waals surface area contributed by atoms with Crippen LogP contribution in [0.25, 0.3) is 0 Å². The zero-order valence-corrected chi connectivity index (χ0v) is 20.1. The van der Waals surface area contributed by atoms with Gasteiger partial charge in [0, 0.05) is 11.2 Å². The van der Waals surface area contributed by atoms with Gasteiger partial charge in [0.25, 0.3) is 0 Å². The summed E-state index contributed by atoms with van der Waals surface area (Å²) in [7, 11) is 0. The minimum Gasteiger partial charge on any atom is -0.515 e. The zero-order chi connectivity index (χ0) is 21.1. The molecular formula is C24H40O3S2. The van der Waals surface area contributed by atoms with E-state index in [9.17, 15) is 14.7 Å². The van der Waals surface area contributed by atoms with Crippen LogP contribution >= 0.6 is 23.5 Å². The second-order valence-electron chi connectivity index (χ2n) is 8.60. The first kappa shape index (κ1) is 24.8. The molecule has 166 valence electrons. The molecule has 3 atom stereocenters. The van der Waals surface area contributed by atoms with Crippen LogP contribution < -0.4 is 0 Å². The Morgan fingerprint density at radius 3 is 2.21 bits per heavy atom. The van der Waals surface area contributed by atoms with E-state index in [1.165, 1.54) is 57.1 Å². The van der Waals surface area contributed by atoms with Gasteiger partial charge in [0.2, 0.25) is 0 Å². The van der Waals surface area contributed by atoms with E-state index in [1.807, 2.05) is 23.5 Å². The second kappa shape index (κ2) is 13.1. The summed E-state index contributed by atoms with van der Waals surface area (Å²) in [6, 6.07) is 0. The highest BCUT2D eigenvalue weighted by molar-refractivity contribution is 8.00. The largest absolute Gasteiger partial charge is 0.515 e. The van der Waals surface area contributed by atoms with Crippen LogP contribution in [0.5, 0.6) is 0 Å². The summed E-state index contributed by atoms with van der Waals surface area (Å²) in [6.07, 6.45) is 14.5. The van der Waals surface area contributed by atoms with Gasteiger partial charge in [0.1, 0.15) is 0 Å². The molecule has 2 aliphatic rings. The lowest BCUT2D eigenvalue weighted by molar-refractivity contribution is -0.131. The lowest BCUT2D eigenvalue weighted by Gasteiger charge is -2.48. The quantitative estimate of drug-likeness (QED) is 0.132. The zero-order valence-electron chi connectivity index (χ0n) is 18.4. The van der Waals surface area contributed by atoms with Crippen LogP contribution in [0.4, 0.5) is 0 Å². The monoisotopic (exact) mass is 440 g/mol. The van der Waals surface area contributed by atoms with E-state index in [0.717, 1.165) is 43.5 Å². The molecule has 2 fully saturated rings. The topological polar surface area (TPSA) is 54.4 Å². The molecule has 0 aromatic carbocycles. The molecule has 5 heteroatoms. The van der Waals surface area contributed by atoms with Crippen LogP contribution in [0.1, 0.15) is 90.9 Å². The number of hydrogen-bond acceptors (Lipinski definition) is 5. The molecule has 0 aromatic heterocycles. The molecule has 3 unspecified atom stereocenters. The Kier molecular flexibility index (Phi) is 11.2. The first-order valence-electron chi connectivity index (χ1n) is 11.8. The van der Waals surface area contributed by atoms with Gasteiger partial charge in [-0.3, -0.25) is 9.59 Å². The van der Waals surface area contributed by atoms with Crippen LogP contribution in [0.15, 0.2) is 11.8 Å². The summed E-state index contributed by atoms with van der Waals surface area (Å²) in [6.45, 7) is 4.45. The molecule has 3 nitrogen and oxygen atoms in total. The maximum absolute atomic E-state index is 13.1. The smallest absolute Gasteiger partial charge is 0.177 e. The molecule has 1 N–H and O–H groups in total. The minimum absolute atomic E-state index is 0.0681. The highest BCUT2D eigenvalue weighted by Crippen LogP contribution is 2.60. The molecule has 2 rings (SSSR count). The van der Waals surface area contributed by atoms with Crippen molar-refractivity contribution in [3.05, 3.63) is 11.8 Å². The first-order chi connectivity index (χ1) is 14.1. The number of ketones is 2. The molecule has 0 saturated heterocycles. The van der Waals surface area contributed by atoms with Crippen molar-refractivity contribution in [2.45, 2.75) is 96.1 Å². The summed E-state index contributed by atoms with van der Waals surface area (Å²) < 4.78 is 0. The lowest BCUT2D eigenvalue weighted by Crippen LogP contribution is -2.51.